The summed E-state index contributed by atoms with van der Waals surface area (Å²) in [5, 5.41) is 30.4. The van der Waals surface area contributed by atoms with Gasteiger partial charge in [-0.15, -0.1) is 0 Å². The van der Waals surface area contributed by atoms with Crippen LogP contribution in [0.5, 0.6) is 0 Å². The van der Waals surface area contributed by atoms with Crippen LogP contribution in [0.3, 0.4) is 0 Å². The normalized spacial score (nSPS) is 12.6. The second-order valence-electron chi connectivity index (χ2n) is 10.3. The molecule has 39 heavy (non-hydrogen) atoms. The van der Waals surface area contributed by atoms with Crippen molar-refractivity contribution in [3.63, 3.8) is 0 Å². The fraction of sp³-hybridized carbons (Fsp3) is 0.267. The van der Waals surface area contributed by atoms with Gasteiger partial charge in [-0.1, -0.05) is 56.3 Å². The first kappa shape index (κ1) is 24.8. The Morgan fingerprint density at radius 1 is 0.974 bits per heavy atom. The molecule has 9 heteroatoms. The summed E-state index contributed by atoms with van der Waals surface area (Å²) in [5.74, 6) is 0.960. The number of nitrogens with zero attached hydrogens (tertiary/aromatic N) is 7. The van der Waals surface area contributed by atoms with Crippen molar-refractivity contribution in [2.75, 3.05) is 12.4 Å². The van der Waals surface area contributed by atoms with Crippen LogP contribution in [0.4, 0.5) is 5.82 Å². The highest BCUT2D eigenvalue weighted by molar-refractivity contribution is 5.94. The van der Waals surface area contributed by atoms with E-state index in [1.165, 1.54) is 5.56 Å². The number of rotatable bonds is 7. The van der Waals surface area contributed by atoms with E-state index >= 15 is 0 Å². The zero-order valence-electron chi connectivity index (χ0n) is 22.8. The van der Waals surface area contributed by atoms with Gasteiger partial charge in [0.2, 0.25) is 0 Å². The van der Waals surface area contributed by atoms with Gasteiger partial charge in [0.1, 0.15) is 5.69 Å². The summed E-state index contributed by atoms with van der Waals surface area (Å²) < 4.78 is 5.58. The van der Waals surface area contributed by atoms with Crippen molar-refractivity contribution in [3.8, 4) is 16.9 Å². The number of benzene rings is 2. The molecular formula is C30H32N8O. The topological polar surface area (TPSA) is 98.6 Å². The van der Waals surface area contributed by atoms with Crippen LogP contribution >= 0.6 is 0 Å². The molecule has 0 radical (unpaired) electrons. The summed E-state index contributed by atoms with van der Waals surface area (Å²) in [5.41, 5.74) is 7.47. The minimum absolute atomic E-state index is 0.243. The van der Waals surface area contributed by atoms with Crippen LogP contribution < -0.4 is 5.32 Å². The lowest BCUT2D eigenvalue weighted by molar-refractivity contribution is 0.152. The Morgan fingerprint density at radius 3 is 2.51 bits per heavy atom. The van der Waals surface area contributed by atoms with Gasteiger partial charge in [-0.05, 0) is 30.5 Å². The minimum atomic E-state index is -0.647. The van der Waals surface area contributed by atoms with Crippen molar-refractivity contribution >= 4 is 27.8 Å². The Morgan fingerprint density at radius 2 is 1.77 bits per heavy atom. The average molecular weight is 521 g/mol. The van der Waals surface area contributed by atoms with Crippen molar-refractivity contribution in [2.24, 2.45) is 7.05 Å². The molecule has 6 rings (SSSR count). The molecule has 1 atom stereocenters. The maximum absolute atomic E-state index is 10.8. The molecular weight excluding hydrogens is 488 g/mol. The lowest BCUT2D eigenvalue weighted by atomic mass is 9.95. The number of hydrogen-bond donors (Lipinski definition) is 2. The predicted octanol–water partition coefficient (Wildman–Crippen LogP) is 5.38. The molecule has 2 N–H and O–H groups in total. The lowest BCUT2D eigenvalue weighted by Crippen LogP contribution is -2.08. The maximum atomic E-state index is 10.8. The first-order chi connectivity index (χ1) is 18.8. The van der Waals surface area contributed by atoms with Crippen LogP contribution in [-0.2, 0) is 13.6 Å². The smallest absolute Gasteiger partial charge is 0.183 e. The Bertz CT molecular complexity index is 1790. The lowest BCUT2D eigenvalue weighted by Gasteiger charge is -2.11. The first-order valence-corrected chi connectivity index (χ1v) is 13.2. The van der Waals surface area contributed by atoms with Crippen molar-refractivity contribution in [3.05, 3.63) is 83.8 Å². The van der Waals surface area contributed by atoms with Gasteiger partial charge in [-0.2, -0.15) is 15.3 Å². The van der Waals surface area contributed by atoms with Crippen LogP contribution in [-0.4, -0.2) is 46.5 Å². The van der Waals surface area contributed by atoms with E-state index in [1.807, 2.05) is 78.3 Å². The monoisotopic (exact) mass is 520 g/mol. The molecule has 0 spiro atoms. The van der Waals surface area contributed by atoms with Gasteiger partial charge in [0, 0.05) is 54.1 Å². The molecule has 0 bridgehead atoms. The van der Waals surface area contributed by atoms with E-state index in [-0.39, 0.29) is 5.92 Å². The van der Waals surface area contributed by atoms with Gasteiger partial charge >= 0.3 is 0 Å². The molecule has 198 valence electrons. The summed E-state index contributed by atoms with van der Waals surface area (Å²) in [6.07, 6.45) is 3.33. The standard InChI is InChI=1S/C30H32N8O/c1-18(2)27-19(3)38(25-14-21-15-36(5)35-29(21)32-30(25)31-4)34-28(27)22-12-9-13-24-23(22)16-37(33-24)17-26(39)20-10-7-6-8-11-20/h6-16,18,26,39H,17H2,1-5H3,(H,31,32,35)/t26-/m0/s1. The molecule has 9 nitrogen and oxygen atoms in total. The van der Waals surface area contributed by atoms with E-state index in [0.717, 1.165) is 50.3 Å². The fourth-order valence-corrected chi connectivity index (χ4v) is 5.40. The molecule has 0 amide bonds. The van der Waals surface area contributed by atoms with Gasteiger partial charge in [-0.25, -0.2) is 9.67 Å². The van der Waals surface area contributed by atoms with Crippen molar-refractivity contribution in [1.82, 2.24) is 34.3 Å². The highest BCUT2D eigenvalue weighted by Gasteiger charge is 2.24. The molecule has 6 aromatic rings. The van der Waals surface area contributed by atoms with Gasteiger partial charge < -0.3 is 10.4 Å². The summed E-state index contributed by atoms with van der Waals surface area (Å²) >= 11 is 0. The summed E-state index contributed by atoms with van der Waals surface area (Å²) in [7, 11) is 3.76. The molecule has 0 fully saturated rings. The van der Waals surface area contributed by atoms with Crippen LogP contribution in [0.1, 0.15) is 42.7 Å². The third kappa shape index (κ3) is 4.34. The fourth-order valence-electron chi connectivity index (χ4n) is 5.40. The van der Waals surface area contributed by atoms with Gasteiger partial charge in [0.15, 0.2) is 11.5 Å². The number of nitrogens with one attached hydrogen (secondary N) is 1. The van der Waals surface area contributed by atoms with Crippen LogP contribution in [0, 0.1) is 6.92 Å². The van der Waals surface area contributed by atoms with E-state index in [4.69, 9.17) is 15.2 Å². The molecule has 0 unspecified atom stereocenters. The van der Waals surface area contributed by atoms with E-state index in [0.29, 0.717) is 12.2 Å². The number of anilines is 1. The Kier molecular flexibility index (Phi) is 6.15. The van der Waals surface area contributed by atoms with E-state index in [2.05, 4.69) is 43.3 Å². The third-order valence-electron chi connectivity index (χ3n) is 7.19. The SMILES string of the molecule is CNc1nc2nn(C)cc2cc1-n1nc(-c2cccc3nn(C[C@H](O)c4ccccc4)cc23)c(C(C)C)c1C. The highest BCUT2D eigenvalue weighted by atomic mass is 16.3. The number of aromatic nitrogens is 7. The molecule has 0 aliphatic carbocycles. The Labute approximate surface area is 226 Å². The first-order valence-electron chi connectivity index (χ1n) is 13.2. The van der Waals surface area contributed by atoms with Gasteiger partial charge in [0.25, 0.3) is 0 Å². The molecule has 2 aromatic carbocycles. The van der Waals surface area contributed by atoms with Gasteiger partial charge in [0.05, 0.1) is 23.9 Å². The quantitative estimate of drug-likeness (QED) is 0.293. The molecule has 0 saturated carbocycles. The van der Waals surface area contributed by atoms with E-state index in [9.17, 15) is 5.11 Å². The molecule has 0 aliphatic rings. The second kappa shape index (κ2) is 9.67. The molecule has 4 heterocycles. The number of aryl methyl sites for hydroxylation is 1. The number of fused-ring (bicyclic) bond motifs is 2. The third-order valence-corrected chi connectivity index (χ3v) is 7.19. The zero-order chi connectivity index (χ0) is 27.3. The van der Waals surface area contributed by atoms with Crippen LogP contribution in [0.2, 0.25) is 0 Å². The van der Waals surface area contributed by atoms with E-state index in [1.54, 1.807) is 4.68 Å². The molecule has 4 aromatic heterocycles. The molecule has 0 aliphatic heterocycles. The van der Waals surface area contributed by atoms with Crippen LogP contribution in [0.15, 0.2) is 67.0 Å². The predicted molar refractivity (Wildman–Crippen MR) is 154 cm³/mol. The number of hydrogen-bond acceptors (Lipinski definition) is 6. The van der Waals surface area contributed by atoms with Crippen molar-refractivity contribution < 1.29 is 5.11 Å². The highest BCUT2D eigenvalue weighted by Crippen LogP contribution is 2.37. The van der Waals surface area contributed by atoms with E-state index < -0.39 is 6.10 Å². The maximum Gasteiger partial charge on any atom is 0.183 e. The van der Waals surface area contributed by atoms with Crippen molar-refractivity contribution in [2.45, 2.75) is 39.3 Å². The Balaban J connectivity index is 1.48. The minimum Gasteiger partial charge on any atom is -0.386 e. The average Bonchev–Trinajstić information content (AvgIpc) is 3.61. The summed E-state index contributed by atoms with van der Waals surface area (Å²) in [6, 6.07) is 17.9. The molecule has 0 saturated heterocycles. The largest absolute Gasteiger partial charge is 0.386 e. The van der Waals surface area contributed by atoms with Crippen LogP contribution in [0.25, 0.3) is 38.9 Å². The summed E-state index contributed by atoms with van der Waals surface area (Å²) in [6.45, 7) is 6.86. The number of aliphatic hydroxyl groups is 1. The Hall–Kier alpha value is -4.50. The van der Waals surface area contributed by atoms with Crippen molar-refractivity contribution in [1.29, 1.82) is 0 Å². The van der Waals surface area contributed by atoms with Gasteiger partial charge in [-0.3, -0.25) is 9.36 Å². The zero-order valence-corrected chi connectivity index (χ0v) is 22.8. The second-order valence-corrected chi connectivity index (χ2v) is 10.3. The number of pyridine rings is 1. The number of aliphatic hydroxyl groups excluding tert-OH is 1. The summed E-state index contributed by atoms with van der Waals surface area (Å²) in [4.78, 5) is 4.75.